The molecule has 1 unspecified atom stereocenters. The molecule has 8 heteroatoms. The van der Waals surface area contributed by atoms with Crippen molar-refractivity contribution in [2.45, 2.75) is 13.0 Å². The Hall–Kier alpha value is -3.45. The first-order valence-electron chi connectivity index (χ1n) is 8.72. The number of carbonyl (C=O) groups is 1. The first-order valence-corrected chi connectivity index (χ1v) is 9.10. The van der Waals surface area contributed by atoms with Crippen LogP contribution in [0.3, 0.4) is 0 Å². The number of hydrogen-bond acceptors (Lipinski definition) is 5. The van der Waals surface area contributed by atoms with Crippen LogP contribution in [0.2, 0.25) is 5.02 Å². The van der Waals surface area contributed by atoms with Crippen LogP contribution >= 0.6 is 11.6 Å². The van der Waals surface area contributed by atoms with E-state index in [-0.39, 0.29) is 28.1 Å². The van der Waals surface area contributed by atoms with Gasteiger partial charge in [-0.1, -0.05) is 28.9 Å². The number of hydrogen-bond donors (Lipinski definition) is 0. The van der Waals surface area contributed by atoms with Crippen LogP contribution < -0.4 is 10.3 Å². The molecule has 1 aliphatic rings. The lowest BCUT2D eigenvalue weighted by Crippen LogP contribution is -2.29. The fourth-order valence-electron chi connectivity index (χ4n) is 3.61. The lowest BCUT2D eigenvalue weighted by atomic mass is 9.98. The number of amides is 1. The molecule has 0 saturated heterocycles. The Morgan fingerprint density at radius 3 is 2.55 bits per heavy atom. The second-order valence-electron chi connectivity index (χ2n) is 6.74. The predicted octanol–water partition coefficient (Wildman–Crippen LogP) is 4.63. The summed E-state index contributed by atoms with van der Waals surface area (Å²) in [6, 6.07) is 11.1. The molecule has 6 nitrogen and oxygen atoms in total. The molecular formula is C21H12ClFN2O4. The van der Waals surface area contributed by atoms with Crippen LogP contribution in [-0.2, 0) is 0 Å². The summed E-state index contributed by atoms with van der Waals surface area (Å²) in [7, 11) is 0. The quantitative estimate of drug-likeness (QED) is 0.481. The van der Waals surface area contributed by atoms with Crippen LogP contribution in [0.4, 0.5) is 10.2 Å². The highest BCUT2D eigenvalue weighted by atomic mass is 35.5. The summed E-state index contributed by atoms with van der Waals surface area (Å²) < 4.78 is 24.6. The van der Waals surface area contributed by atoms with Crippen molar-refractivity contribution in [1.82, 2.24) is 5.16 Å². The van der Waals surface area contributed by atoms with E-state index in [4.69, 9.17) is 20.5 Å². The third-order valence-corrected chi connectivity index (χ3v) is 5.13. The van der Waals surface area contributed by atoms with E-state index in [2.05, 4.69) is 5.16 Å². The smallest absolute Gasteiger partial charge is 0.296 e. The summed E-state index contributed by atoms with van der Waals surface area (Å²) >= 11 is 6.00. The number of fused-ring (bicyclic) bond motifs is 2. The van der Waals surface area contributed by atoms with Gasteiger partial charge in [-0.3, -0.25) is 14.5 Å². The second-order valence-corrected chi connectivity index (χ2v) is 7.18. The van der Waals surface area contributed by atoms with Gasteiger partial charge in [0.25, 0.3) is 5.91 Å². The largest absolute Gasteiger partial charge is 0.450 e. The van der Waals surface area contributed by atoms with E-state index >= 15 is 0 Å². The van der Waals surface area contributed by atoms with Gasteiger partial charge in [0.1, 0.15) is 17.2 Å². The summed E-state index contributed by atoms with van der Waals surface area (Å²) in [6.45, 7) is 1.70. The highest BCUT2D eigenvalue weighted by molar-refractivity contribution is 6.30. The average Bonchev–Trinajstić information content (AvgIpc) is 3.25. The number of carbonyl (C=O) groups excluding carboxylic acids is 1. The molecule has 1 aliphatic heterocycles. The van der Waals surface area contributed by atoms with Gasteiger partial charge >= 0.3 is 0 Å². The van der Waals surface area contributed by atoms with Gasteiger partial charge in [0, 0.05) is 11.1 Å². The third-order valence-electron chi connectivity index (χ3n) is 4.88. The Morgan fingerprint density at radius 1 is 1.10 bits per heavy atom. The molecule has 1 atom stereocenters. The molecule has 0 fully saturated rings. The molecular weight excluding hydrogens is 399 g/mol. The van der Waals surface area contributed by atoms with Crippen molar-refractivity contribution in [3.63, 3.8) is 0 Å². The number of anilines is 1. The molecule has 144 valence electrons. The fourth-order valence-corrected chi connectivity index (χ4v) is 3.73. The monoisotopic (exact) mass is 410 g/mol. The second kappa shape index (κ2) is 6.28. The number of nitrogens with zero attached hydrogens (tertiary/aromatic N) is 2. The van der Waals surface area contributed by atoms with E-state index in [1.54, 1.807) is 37.3 Å². The van der Waals surface area contributed by atoms with Crippen LogP contribution in [0.1, 0.15) is 33.5 Å². The van der Waals surface area contributed by atoms with E-state index in [1.807, 2.05) is 0 Å². The number of aromatic nitrogens is 1. The lowest BCUT2D eigenvalue weighted by Gasteiger charge is -2.22. The zero-order valence-electron chi connectivity index (χ0n) is 15.0. The molecule has 2 aromatic carbocycles. The van der Waals surface area contributed by atoms with E-state index < -0.39 is 23.2 Å². The summed E-state index contributed by atoms with van der Waals surface area (Å²) in [4.78, 5) is 27.8. The molecule has 0 spiro atoms. The van der Waals surface area contributed by atoms with E-state index in [9.17, 15) is 14.0 Å². The number of aryl methyl sites for hydroxylation is 1. The van der Waals surface area contributed by atoms with Crippen LogP contribution in [0.15, 0.2) is 62.3 Å². The molecule has 0 saturated carbocycles. The normalized spacial score (nSPS) is 15.9. The van der Waals surface area contributed by atoms with Gasteiger partial charge in [-0.25, -0.2) is 4.39 Å². The predicted molar refractivity (Wildman–Crippen MR) is 104 cm³/mol. The maximum Gasteiger partial charge on any atom is 0.296 e. The number of rotatable bonds is 2. The molecule has 4 aromatic rings. The van der Waals surface area contributed by atoms with Crippen molar-refractivity contribution < 1.29 is 18.1 Å². The molecule has 0 radical (unpaired) electrons. The maximum atomic E-state index is 13.8. The average molecular weight is 411 g/mol. The minimum absolute atomic E-state index is 0.0636. The van der Waals surface area contributed by atoms with Gasteiger partial charge in [-0.2, -0.15) is 0 Å². The topological polar surface area (TPSA) is 76.6 Å². The summed E-state index contributed by atoms with van der Waals surface area (Å²) in [5.74, 6) is -0.453. The van der Waals surface area contributed by atoms with Gasteiger partial charge in [0.15, 0.2) is 11.2 Å². The Bertz CT molecular complexity index is 1340. The Labute approximate surface area is 168 Å². The van der Waals surface area contributed by atoms with E-state index in [1.165, 1.54) is 17.0 Å². The summed E-state index contributed by atoms with van der Waals surface area (Å²) in [5.41, 5.74) is 0.412. The van der Waals surface area contributed by atoms with Gasteiger partial charge in [0.05, 0.1) is 17.0 Å². The van der Waals surface area contributed by atoms with E-state index in [0.717, 1.165) is 6.07 Å². The molecule has 5 rings (SSSR count). The van der Waals surface area contributed by atoms with Crippen molar-refractivity contribution in [2.75, 3.05) is 4.90 Å². The zero-order valence-corrected chi connectivity index (χ0v) is 15.7. The summed E-state index contributed by atoms with van der Waals surface area (Å²) in [6.07, 6.45) is 0. The molecule has 0 aliphatic carbocycles. The minimum Gasteiger partial charge on any atom is -0.450 e. The third kappa shape index (κ3) is 2.66. The van der Waals surface area contributed by atoms with Crippen LogP contribution in [-0.4, -0.2) is 11.1 Å². The van der Waals surface area contributed by atoms with E-state index in [0.29, 0.717) is 16.3 Å². The Kier molecular flexibility index (Phi) is 3.82. The first kappa shape index (κ1) is 17.6. The van der Waals surface area contributed by atoms with Crippen molar-refractivity contribution in [3.8, 4) is 0 Å². The number of halogens is 2. The first-order chi connectivity index (χ1) is 13.9. The van der Waals surface area contributed by atoms with Gasteiger partial charge in [0.2, 0.25) is 5.76 Å². The molecule has 29 heavy (non-hydrogen) atoms. The number of benzene rings is 2. The van der Waals surface area contributed by atoms with Crippen LogP contribution in [0.25, 0.3) is 11.0 Å². The Morgan fingerprint density at radius 2 is 1.86 bits per heavy atom. The SMILES string of the molecule is Cc1cc(N2C(=O)c3oc4ccc(F)cc4c(=O)c3C2c2ccc(Cl)cc2)no1. The van der Waals surface area contributed by atoms with Crippen LogP contribution in [0, 0.1) is 12.7 Å². The molecule has 3 heterocycles. The molecule has 2 aromatic heterocycles. The van der Waals surface area contributed by atoms with Gasteiger partial charge in [-0.15, -0.1) is 0 Å². The lowest BCUT2D eigenvalue weighted by molar-refractivity contribution is 0.0969. The van der Waals surface area contributed by atoms with Crippen molar-refractivity contribution in [1.29, 1.82) is 0 Å². The highest BCUT2D eigenvalue weighted by Crippen LogP contribution is 2.41. The van der Waals surface area contributed by atoms with Gasteiger partial charge < -0.3 is 8.94 Å². The molecule has 0 N–H and O–H groups in total. The molecule has 1 amide bonds. The maximum absolute atomic E-state index is 13.8. The minimum atomic E-state index is -0.816. The highest BCUT2D eigenvalue weighted by Gasteiger charge is 2.44. The van der Waals surface area contributed by atoms with Crippen molar-refractivity contribution in [2.24, 2.45) is 0 Å². The molecule has 0 bridgehead atoms. The van der Waals surface area contributed by atoms with Gasteiger partial charge in [-0.05, 0) is 42.8 Å². The zero-order chi connectivity index (χ0) is 20.3. The Balaban J connectivity index is 1.83. The van der Waals surface area contributed by atoms with Crippen molar-refractivity contribution >= 4 is 34.3 Å². The van der Waals surface area contributed by atoms with Crippen LogP contribution in [0.5, 0.6) is 0 Å². The standard InChI is InChI=1S/C21H12ClFN2O4/c1-10-8-16(24-29-10)25-18(11-2-4-12(22)5-3-11)17-19(26)14-9-13(23)6-7-15(14)28-20(17)21(25)27/h2-9,18H,1H3. The van der Waals surface area contributed by atoms with Crippen molar-refractivity contribution in [3.05, 3.63) is 92.2 Å². The summed E-state index contributed by atoms with van der Waals surface area (Å²) in [5, 5.41) is 4.51. The fraction of sp³-hybridized carbons (Fsp3) is 0.0952.